The van der Waals surface area contributed by atoms with Crippen molar-refractivity contribution in [1.29, 1.82) is 0 Å². The summed E-state index contributed by atoms with van der Waals surface area (Å²) < 4.78 is 0. The number of unbranched alkanes of at least 4 members (excludes halogenated alkanes) is 9. The number of hydrogen-bond acceptors (Lipinski definition) is 2. The van der Waals surface area contributed by atoms with Crippen molar-refractivity contribution in [2.75, 3.05) is 13.1 Å². The van der Waals surface area contributed by atoms with Gasteiger partial charge in [-0.25, -0.2) is 0 Å². The van der Waals surface area contributed by atoms with Crippen LogP contribution in [0.15, 0.2) is 0 Å². The van der Waals surface area contributed by atoms with Gasteiger partial charge >= 0.3 is 0 Å². The van der Waals surface area contributed by atoms with E-state index in [0.717, 1.165) is 25.3 Å². The maximum absolute atomic E-state index is 11.6. The Bertz CT molecular complexity index is 236. The molecule has 0 heterocycles. The first-order valence-electron chi connectivity index (χ1n) is 9.05. The Kier molecular flexibility index (Phi) is 10.9. The molecule has 0 saturated heterocycles. The van der Waals surface area contributed by atoms with Crippen LogP contribution >= 0.6 is 0 Å². The van der Waals surface area contributed by atoms with Gasteiger partial charge in [0, 0.05) is 6.42 Å². The Morgan fingerprint density at radius 3 is 2.00 bits per heavy atom. The largest absolute Gasteiger partial charge is 0.310 e. The number of carbonyl (C=O) groups excluding carboxylic acids is 1. The Morgan fingerprint density at radius 1 is 0.900 bits per heavy atom. The standard InChI is InChI=1S/C18H35NO/c1-2-3-4-5-6-7-8-9-10-11-12-18(20)16-19-15-17-13-14-17/h17,19H,2-16H2,1H3. The molecule has 0 bridgehead atoms. The molecule has 20 heavy (non-hydrogen) atoms. The molecule has 1 saturated carbocycles. The predicted octanol–water partition coefficient (Wildman–Crippen LogP) is 4.87. The van der Waals surface area contributed by atoms with Crippen molar-refractivity contribution in [2.24, 2.45) is 5.92 Å². The molecule has 0 atom stereocenters. The number of hydrogen-bond donors (Lipinski definition) is 1. The fourth-order valence-electron chi connectivity index (χ4n) is 2.64. The number of rotatable bonds is 15. The van der Waals surface area contributed by atoms with Gasteiger partial charge in [0.15, 0.2) is 0 Å². The number of Topliss-reactive ketones (excluding diaryl/α,β-unsaturated/α-hetero) is 1. The topological polar surface area (TPSA) is 29.1 Å². The highest BCUT2D eigenvalue weighted by atomic mass is 16.1. The van der Waals surface area contributed by atoms with Gasteiger partial charge < -0.3 is 5.32 Å². The molecule has 0 aliphatic heterocycles. The van der Waals surface area contributed by atoms with Crippen LogP contribution in [-0.4, -0.2) is 18.9 Å². The highest BCUT2D eigenvalue weighted by molar-refractivity contribution is 5.80. The van der Waals surface area contributed by atoms with Crippen LogP contribution in [0, 0.1) is 5.92 Å². The molecule has 0 radical (unpaired) electrons. The molecule has 0 spiro atoms. The second kappa shape index (κ2) is 12.4. The SMILES string of the molecule is CCCCCCCCCCCCC(=O)CNCC1CC1. The average molecular weight is 281 g/mol. The summed E-state index contributed by atoms with van der Waals surface area (Å²) in [5.74, 6) is 1.28. The zero-order valence-electron chi connectivity index (χ0n) is 13.6. The molecule has 1 rings (SSSR count). The van der Waals surface area contributed by atoms with Crippen LogP contribution in [0.1, 0.15) is 90.4 Å². The molecule has 1 aliphatic carbocycles. The van der Waals surface area contributed by atoms with E-state index in [1.54, 1.807) is 0 Å². The van der Waals surface area contributed by atoms with Crippen LogP contribution in [0.25, 0.3) is 0 Å². The van der Waals surface area contributed by atoms with E-state index < -0.39 is 0 Å². The minimum atomic E-state index is 0.408. The molecule has 2 heteroatoms. The van der Waals surface area contributed by atoms with E-state index in [1.165, 1.54) is 70.6 Å². The van der Waals surface area contributed by atoms with Crippen molar-refractivity contribution >= 4 is 5.78 Å². The third-order valence-corrected chi connectivity index (χ3v) is 4.26. The first-order valence-corrected chi connectivity index (χ1v) is 9.05. The minimum Gasteiger partial charge on any atom is -0.310 e. The molecular formula is C18H35NO. The van der Waals surface area contributed by atoms with Gasteiger partial charge in [-0.2, -0.15) is 0 Å². The third-order valence-electron chi connectivity index (χ3n) is 4.26. The van der Waals surface area contributed by atoms with E-state index in [0.29, 0.717) is 12.3 Å². The average Bonchev–Trinajstić information content (AvgIpc) is 3.25. The summed E-state index contributed by atoms with van der Waals surface area (Å²) in [6, 6.07) is 0. The lowest BCUT2D eigenvalue weighted by Gasteiger charge is -2.04. The lowest BCUT2D eigenvalue weighted by atomic mass is 10.1. The molecule has 0 aromatic heterocycles. The van der Waals surface area contributed by atoms with Crippen molar-refractivity contribution in [2.45, 2.75) is 90.4 Å². The molecule has 0 amide bonds. The molecule has 0 aromatic rings. The third kappa shape index (κ3) is 11.5. The highest BCUT2D eigenvalue weighted by Gasteiger charge is 2.20. The fourth-order valence-corrected chi connectivity index (χ4v) is 2.64. The zero-order chi connectivity index (χ0) is 14.5. The van der Waals surface area contributed by atoms with Crippen molar-refractivity contribution in [3.8, 4) is 0 Å². The van der Waals surface area contributed by atoms with Gasteiger partial charge in [-0.3, -0.25) is 4.79 Å². The van der Waals surface area contributed by atoms with Gasteiger partial charge in [-0.15, -0.1) is 0 Å². The van der Waals surface area contributed by atoms with Crippen LogP contribution in [0.3, 0.4) is 0 Å². The van der Waals surface area contributed by atoms with E-state index in [-0.39, 0.29) is 0 Å². The normalized spacial score (nSPS) is 14.7. The molecule has 0 unspecified atom stereocenters. The van der Waals surface area contributed by atoms with Gasteiger partial charge in [0.1, 0.15) is 5.78 Å². The minimum absolute atomic E-state index is 0.408. The zero-order valence-corrected chi connectivity index (χ0v) is 13.6. The first-order chi connectivity index (χ1) is 9.83. The van der Waals surface area contributed by atoms with Gasteiger partial charge in [0.25, 0.3) is 0 Å². The smallest absolute Gasteiger partial charge is 0.146 e. The Labute approximate surface area is 126 Å². The monoisotopic (exact) mass is 281 g/mol. The number of ketones is 1. The van der Waals surface area contributed by atoms with Crippen LogP contribution in [0.2, 0.25) is 0 Å². The predicted molar refractivity (Wildman–Crippen MR) is 87.1 cm³/mol. The molecule has 1 N–H and O–H groups in total. The number of nitrogens with one attached hydrogen (secondary N) is 1. The summed E-state index contributed by atoms with van der Waals surface area (Å²) in [7, 11) is 0. The van der Waals surface area contributed by atoms with Gasteiger partial charge in [-0.1, -0.05) is 64.7 Å². The van der Waals surface area contributed by atoms with E-state index in [1.807, 2.05) is 0 Å². The Balaban J connectivity index is 1.71. The van der Waals surface area contributed by atoms with Crippen LogP contribution in [-0.2, 0) is 4.79 Å². The summed E-state index contributed by atoms with van der Waals surface area (Å²) in [6.07, 6.45) is 16.9. The maximum atomic E-state index is 11.6. The second-order valence-corrected chi connectivity index (χ2v) is 6.54. The van der Waals surface area contributed by atoms with E-state index >= 15 is 0 Å². The fraction of sp³-hybridized carbons (Fsp3) is 0.944. The van der Waals surface area contributed by atoms with Crippen molar-refractivity contribution in [3.05, 3.63) is 0 Å². The van der Waals surface area contributed by atoms with Crippen molar-refractivity contribution < 1.29 is 4.79 Å². The van der Waals surface area contributed by atoms with Crippen molar-refractivity contribution in [3.63, 3.8) is 0 Å². The molecular weight excluding hydrogens is 246 g/mol. The van der Waals surface area contributed by atoms with Crippen molar-refractivity contribution in [1.82, 2.24) is 5.32 Å². The summed E-state index contributed by atoms with van der Waals surface area (Å²) in [4.78, 5) is 11.6. The van der Waals surface area contributed by atoms with Gasteiger partial charge in [0.2, 0.25) is 0 Å². The quantitative estimate of drug-likeness (QED) is 0.434. The summed E-state index contributed by atoms with van der Waals surface area (Å²) in [6.45, 7) is 3.93. The second-order valence-electron chi connectivity index (χ2n) is 6.54. The maximum Gasteiger partial charge on any atom is 0.146 e. The lowest BCUT2D eigenvalue weighted by molar-refractivity contribution is -0.118. The summed E-state index contributed by atoms with van der Waals surface area (Å²) >= 11 is 0. The van der Waals surface area contributed by atoms with Gasteiger partial charge in [0.05, 0.1) is 6.54 Å². The Hall–Kier alpha value is -0.370. The molecule has 0 aromatic carbocycles. The first kappa shape index (κ1) is 17.7. The van der Waals surface area contributed by atoms with Gasteiger partial charge in [-0.05, 0) is 31.7 Å². The summed E-state index contributed by atoms with van der Waals surface area (Å²) in [5.41, 5.74) is 0. The summed E-state index contributed by atoms with van der Waals surface area (Å²) in [5, 5.41) is 3.28. The Morgan fingerprint density at radius 2 is 1.45 bits per heavy atom. The lowest BCUT2D eigenvalue weighted by Crippen LogP contribution is -2.24. The van der Waals surface area contributed by atoms with E-state index in [9.17, 15) is 4.79 Å². The molecule has 118 valence electrons. The van der Waals surface area contributed by atoms with Crippen LogP contribution in [0.4, 0.5) is 0 Å². The molecule has 1 aliphatic rings. The molecule has 2 nitrogen and oxygen atoms in total. The van der Waals surface area contributed by atoms with E-state index in [4.69, 9.17) is 0 Å². The van der Waals surface area contributed by atoms with Crippen LogP contribution < -0.4 is 5.32 Å². The van der Waals surface area contributed by atoms with E-state index in [2.05, 4.69) is 12.2 Å². The number of carbonyl (C=O) groups is 1. The highest BCUT2D eigenvalue weighted by Crippen LogP contribution is 2.27. The van der Waals surface area contributed by atoms with Crippen LogP contribution in [0.5, 0.6) is 0 Å². The molecule has 1 fully saturated rings.